The predicted octanol–water partition coefficient (Wildman–Crippen LogP) is -0.501. The third-order valence-electron chi connectivity index (χ3n) is 4.10. The van der Waals surface area contributed by atoms with Crippen molar-refractivity contribution in [2.24, 2.45) is 0 Å². The summed E-state index contributed by atoms with van der Waals surface area (Å²) in [5.41, 5.74) is 6.04. The van der Waals surface area contributed by atoms with Gasteiger partial charge >= 0.3 is 0 Å². The van der Waals surface area contributed by atoms with E-state index in [0.29, 0.717) is 16.8 Å². The van der Waals surface area contributed by atoms with Crippen molar-refractivity contribution in [3.05, 3.63) is 30.2 Å². The van der Waals surface area contributed by atoms with Gasteiger partial charge in [0.25, 0.3) is 0 Å². The fraction of sp³-hybridized carbons (Fsp3) is 0.429. The molecule has 0 saturated carbocycles. The standard InChI is InChI=1S/C14H18N4O4/c1-3-7-4-8(18-10(7)13(15)16-6-17-18)12-14(2,21)11(20)9(5-19)22-12/h3-4,6,9,11-12,19-21H,1,5H2,2H3,(H2,15,16,17)/t9-,11-,12+,14-/m1/s1. The smallest absolute Gasteiger partial charge is 0.151 e. The molecule has 4 atom stereocenters. The number of fused-ring (bicyclic) bond motifs is 1. The monoisotopic (exact) mass is 306 g/mol. The highest BCUT2D eigenvalue weighted by Crippen LogP contribution is 2.42. The zero-order valence-corrected chi connectivity index (χ0v) is 12.0. The molecule has 0 unspecified atom stereocenters. The molecule has 0 bridgehead atoms. The van der Waals surface area contributed by atoms with Gasteiger partial charge < -0.3 is 25.8 Å². The molecular formula is C14H18N4O4. The molecule has 8 heteroatoms. The second-order valence-corrected chi connectivity index (χ2v) is 5.54. The number of rotatable bonds is 3. The first-order valence-electron chi connectivity index (χ1n) is 6.83. The van der Waals surface area contributed by atoms with Crippen LogP contribution in [0.25, 0.3) is 11.6 Å². The molecule has 0 amide bonds. The van der Waals surface area contributed by atoms with E-state index in [2.05, 4.69) is 16.7 Å². The molecule has 1 aliphatic rings. The maximum absolute atomic E-state index is 10.6. The van der Waals surface area contributed by atoms with E-state index in [9.17, 15) is 15.3 Å². The lowest BCUT2D eigenvalue weighted by atomic mass is 9.91. The molecule has 3 heterocycles. The Morgan fingerprint density at radius 2 is 2.32 bits per heavy atom. The van der Waals surface area contributed by atoms with E-state index >= 15 is 0 Å². The molecule has 8 nitrogen and oxygen atoms in total. The SMILES string of the molecule is C=Cc1cc([C@@H]2O[C@H](CO)[C@@H](O)[C@@]2(C)O)n2ncnc(N)c12. The Hall–Kier alpha value is -2.00. The van der Waals surface area contributed by atoms with Gasteiger partial charge in [-0.25, -0.2) is 9.50 Å². The Labute approximate surface area is 126 Å². The molecule has 0 radical (unpaired) electrons. The van der Waals surface area contributed by atoms with Crippen LogP contribution < -0.4 is 5.73 Å². The minimum Gasteiger partial charge on any atom is -0.394 e. The lowest BCUT2D eigenvalue weighted by molar-refractivity contribution is -0.0664. The third-order valence-corrected chi connectivity index (χ3v) is 4.10. The summed E-state index contributed by atoms with van der Waals surface area (Å²) in [5, 5.41) is 34.1. The van der Waals surface area contributed by atoms with Gasteiger partial charge in [0.1, 0.15) is 35.8 Å². The Morgan fingerprint density at radius 1 is 1.59 bits per heavy atom. The summed E-state index contributed by atoms with van der Waals surface area (Å²) in [6.07, 6.45) is -0.0868. The number of aliphatic hydroxyl groups excluding tert-OH is 2. The van der Waals surface area contributed by atoms with Gasteiger partial charge in [-0.2, -0.15) is 5.10 Å². The quantitative estimate of drug-likeness (QED) is 0.602. The second-order valence-electron chi connectivity index (χ2n) is 5.54. The molecule has 2 aromatic heterocycles. The van der Waals surface area contributed by atoms with Crippen molar-refractivity contribution >= 4 is 17.4 Å². The average molecular weight is 306 g/mol. The van der Waals surface area contributed by atoms with E-state index in [0.717, 1.165) is 0 Å². The highest BCUT2D eigenvalue weighted by atomic mass is 16.6. The number of aliphatic hydroxyl groups is 3. The van der Waals surface area contributed by atoms with Crippen LogP contribution in [-0.2, 0) is 4.74 Å². The predicted molar refractivity (Wildman–Crippen MR) is 78.8 cm³/mol. The van der Waals surface area contributed by atoms with E-state index in [1.165, 1.54) is 17.8 Å². The van der Waals surface area contributed by atoms with Crippen LogP contribution in [0.2, 0.25) is 0 Å². The van der Waals surface area contributed by atoms with Crippen molar-refractivity contribution in [1.82, 2.24) is 14.6 Å². The zero-order chi connectivity index (χ0) is 16.1. The van der Waals surface area contributed by atoms with Crippen molar-refractivity contribution < 1.29 is 20.1 Å². The van der Waals surface area contributed by atoms with Crippen molar-refractivity contribution in [2.45, 2.75) is 30.8 Å². The normalized spacial score (nSPS) is 31.7. The summed E-state index contributed by atoms with van der Waals surface area (Å²) in [6, 6.07) is 1.72. The molecule has 0 spiro atoms. The van der Waals surface area contributed by atoms with Crippen LogP contribution in [0.15, 0.2) is 19.0 Å². The Balaban J connectivity index is 2.19. The van der Waals surface area contributed by atoms with Crippen molar-refractivity contribution in [2.75, 3.05) is 12.3 Å². The Bertz CT molecular complexity index is 727. The zero-order valence-electron chi connectivity index (χ0n) is 12.0. The fourth-order valence-corrected chi connectivity index (χ4v) is 2.89. The number of nitrogen functional groups attached to an aromatic ring is 1. The highest BCUT2D eigenvalue weighted by molar-refractivity contribution is 5.79. The van der Waals surface area contributed by atoms with Crippen molar-refractivity contribution in [3.8, 4) is 0 Å². The summed E-state index contributed by atoms with van der Waals surface area (Å²) in [7, 11) is 0. The van der Waals surface area contributed by atoms with Crippen LogP contribution in [0.1, 0.15) is 24.3 Å². The van der Waals surface area contributed by atoms with Gasteiger partial charge in [-0.1, -0.05) is 12.7 Å². The second kappa shape index (κ2) is 5.03. The van der Waals surface area contributed by atoms with Gasteiger partial charge in [-0.3, -0.25) is 0 Å². The largest absolute Gasteiger partial charge is 0.394 e. The molecule has 118 valence electrons. The number of nitrogens with two attached hydrogens (primary N) is 1. The van der Waals surface area contributed by atoms with Gasteiger partial charge in [-0.15, -0.1) is 0 Å². The lowest BCUT2D eigenvalue weighted by Gasteiger charge is -2.26. The van der Waals surface area contributed by atoms with E-state index in [1.54, 1.807) is 12.1 Å². The van der Waals surface area contributed by atoms with Crippen molar-refractivity contribution in [3.63, 3.8) is 0 Å². The first-order chi connectivity index (χ1) is 10.4. The molecular weight excluding hydrogens is 288 g/mol. The summed E-state index contributed by atoms with van der Waals surface area (Å²) in [5.74, 6) is 0.271. The third kappa shape index (κ3) is 1.92. The molecule has 1 fully saturated rings. The maximum Gasteiger partial charge on any atom is 0.151 e. The van der Waals surface area contributed by atoms with Crippen molar-refractivity contribution in [1.29, 1.82) is 0 Å². The number of ether oxygens (including phenoxy) is 1. The number of hydrogen-bond acceptors (Lipinski definition) is 7. The molecule has 5 N–H and O–H groups in total. The van der Waals surface area contributed by atoms with Gasteiger partial charge in [0, 0.05) is 5.56 Å². The Morgan fingerprint density at radius 3 is 2.91 bits per heavy atom. The maximum atomic E-state index is 10.6. The minimum atomic E-state index is -1.58. The molecule has 0 aromatic carbocycles. The van der Waals surface area contributed by atoms with Crippen LogP contribution >= 0.6 is 0 Å². The van der Waals surface area contributed by atoms with E-state index in [4.69, 9.17) is 10.5 Å². The summed E-state index contributed by atoms with van der Waals surface area (Å²) in [4.78, 5) is 3.94. The van der Waals surface area contributed by atoms with E-state index in [-0.39, 0.29) is 5.82 Å². The highest BCUT2D eigenvalue weighted by Gasteiger charge is 2.53. The summed E-state index contributed by atoms with van der Waals surface area (Å²) in [6.45, 7) is 4.78. The molecule has 22 heavy (non-hydrogen) atoms. The molecule has 2 aromatic rings. The number of aromatic nitrogens is 3. The van der Waals surface area contributed by atoms with Gasteiger partial charge in [0.05, 0.1) is 12.3 Å². The number of hydrogen-bond donors (Lipinski definition) is 4. The van der Waals surface area contributed by atoms with Crippen LogP contribution in [0, 0.1) is 0 Å². The van der Waals surface area contributed by atoms with E-state index < -0.39 is 30.5 Å². The van der Waals surface area contributed by atoms with E-state index in [1.807, 2.05) is 0 Å². The first kappa shape index (κ1) is 14.9. The number of anilines is 1. The molecule has 3 rings (SSSR count). The molecule has 0 aliphatic carbocycles. The fourth-order valence-electron chi connectivity index (χ4n) is 2.89. The van der Waals surface area contributed by atoms with Gasteiger partial charge in [-0.05, 0) is 13.0 Å². The van der Waals surface area contributed by atoms with Crippen LogP contribution in [0.3, 0.4) is 0 Å². The van der Waals surface area contributed by atoms with Gasteiger partial charge in [0.2, 0.25) is 0 Å². The topological polar surface area (TPSA) is 126 Å². The summed E-state index contributed by atoms with van der Waals surface area (Å²) < 4.78 is 7.13. The lowest BCUT2D eigenvalue weighted by Crippen LogP contribution is -2.43. The van der Waals surface area contributed by atoms with Crippen LogP contribution in [0.4, 0.5) is 5.82 Å². The molecule has 1 aliphatic heterocycles. The minimum absolute atomic E-state index is 0.271. The average Bonchev–Trinajstić information content (AvgIpc) is 2.97. The number of nitrogens with zero attached hydrogens (tertiary/aromatic N) is 3. The first-order valence-corrected chi connectivity index (χ1v) is 6.83. The van der Waals surface area contributed by atoms with Crippen LogP contribution in [0.5, 0.6) is 0 Å². The summed E-state index contributed by atoms with van der Waals surface area (Å²) >= 11 is 0. The van der Waals surface area contributed by atoms with Gasteiger partial charge in [0.15, 0.2) is 5.82 Å². The molecule has 1 saturated heterocycles. The Kier molecular flexibility index (Phi) is 3.41. The van der Waals surface area contributed by atoms with Crippen LogP contribution in [-0.4, -0.2) is 54.3 Å².